The van der Waals surface area contributed by atoms with E-state index in [1.54, 1.807) is 0 Å². The van der Waals surface area contributed by atoms with E-state index in [1.165, 1.54) is 12.8 Å². The third kappa shape index (κ3) is 3.42. The smallest absolute Gasteiger partial charge is 0.251 e. The minimum absolute atomic E-state index is 0.141. The Morgan fingerprint density at radius 2 is 2.29 bits per heavy atom. The molecule has 2 aliphatic rings. The van der Waals surface area contributed by atoms with E-state index in [0.717, 1.165) is 45.5 Å². The predicted octanol–water partition coefficient (Wildman–Crippen LogP) is 1.01. The van der Waals surface area contributed by atoms with Crippen molar-refractivity contribution in [3.05, 3.63) is 0 Å². The van der Waals surface area contributed by atoms with Crippen LogP contribution in [0.15, 0.2) is 0 Å². The molecule has 98 valence electrons. The first-order valence-corrected chi connectivity index (χ1v) is 6.86. The maximum atomic E-state index is 12.2. The lowest BCUT2D eigenvalue weighted by Crippen LogP contribution is -2.45. The fraction of sp³-hybridized carbons (Fsp3) is 0.923. The van der Waals surface area contributed by atoms with Gasteiger partial charge in [0.1, 0.15) is 6.10 Å². The number of nitrogens with one attached hydrogen (secondary N) is 1. The molecular formula is C13H24N2O2. The molecule has 0 aliphatic carbocycles. The molecule has 0 radical (unpaired) electrons. The van der Waals surface area contributed by atoms with Gasteiger partial charge in [-0.3, -0.25) is 4.79 Å². The molecule has 2 atom stereocenters. The molecule has 2 rings (SSSR count). The van der Waals surface area contributed by atoms with Crippen LogP contribution in [0.25, 0.3) is 0 Å². The van der Waals surface area contributed by atoms with Crippen LogP contribution in [0.1, 0.15) is 32.1 Å². The Balaban J connectivity index is 1.81. The van der Waals surface area contributed by atoms with E-state index in [0.29, 0.717) is 5.92 Å². The highest BCUT2D eigenvalue weighted by Gasteiger charge is 2.31. The number of carbonyl (C=O) groups excluding carboxylic acids is 1. The Morgan fingerprint density at radius 3 is 3.00 bits per heavy atom. The highest BCUT2D eigenvalue weighted by atomic mass is 16.5. The molecule has 4 nitrogen and oxygen atoms in total. The minimum atomic E-state index is -0.141. The van der Waals surface area contributed by atoms with Crippen LogP contribution in [0, 0.1) is 5.92 Å². The summed E-state index contributed by atoms with van der Waals surface area (Å²) in [6.45, 7) is 3.66. The zero-order chi connectivity index (χ0) is 12.1. The standard InChI is InChI=1S/C13H24N2O2/c1-14-7-6-11-4-2-8-15(10-11)13(16)12-5-3-9-17-12/h11-12,14H,2-10H2,1H3. The van der Waals surface area contributed by atoms with E-state index >= 15 is 0 Å². The first-order chi connectivity index (χ1) is 8.31. The number of hydrogen-bond donors (Lipinski definition) is 1. The summed E-state index contributed by atoms with van der Waals surface area (Å²) in [7, 11) is 1.98. The van der Waals surface area contributed by atoms with Gasteiger partial charge < -0.3 is 15.0 Å². The predicted molar refractivity (Wildman–Crippen MR) is 66.8 cm³/mol. The first-order valence-electron chi connectivity index (χ1n) is 6.86. The molecule has 2 aliphatic heterocycles. The molecule has 1 amide bonds. The van der Waals surface area contributed by atoms with Crippen molar-refractivity contribution < 1.29 is 9.53 Å². The lowest BCUT2D eigenvalue weighted by molar-refractivity contribution is -0.142. The summed E-state index contributed by atoms with van der Waals surface area (Å²) in [4.78, 5) is 14.2. The zero-order valence-electron chi connectivity index (χ0n) is 10.8. The molecule has 0 spiro atoms. The molecule has 2 heterocycles. The number of nitrogens with zero attached hydrogens (tertiary/aromatic N) is 1. The Labute approximate surface area is 104 Å². The molecule has 4 heteroatoms. The van der Waals surface area contributed by atoms with Crippen molar-refractivity contribution in [1.82, 2.24) is 10.2 Å². The summed E-state index contributed by atoms with van der Waals surface area (Å²) in [5.74, 6) is 0.901. The van der Waals surface area contributed by atoms with Crippen LogP contribution >= 0.6 is 0 Å². The fourth-order valence-corrected chi connectivity index (χ4v) is 2.83. The van der Waals surface area contributed by atoms with Gasteiger partial charge in [-0.05, 0) is 51.6 Å². The molecule has 0 bridgehead atoms. The van der Waals surface area contributed by atoms with E-state index in [2.05, 4.69) is 5.32 Å². The van der Waals surface area contributed by atoms with E-state index in [4.69, 9.17) is 4.74 Å². The van der Waals surface area contributed by atoms with Crippen molar-refractivity contribution in [2.24, 2.45) is 5.92 Å². The third-order valence-corrected chi connectivity index (χ3v) is 3.84. The average molecular weight is 240 g/mol. The molecule has 1 N–H and O–H groups in total. The Morgan fingerprint density at radius 1 is 1.41 bits per heavy atom. The Kier molecular flexibility index (Phi) is 4.80. The van der Waals surface area contributed by atoms with E-state index in [9.17, 15) is 4.79 Å². The van der Waals surface area contributed by atoms with Crippen molar-refractivity contribution >= 4 is 5.91 Å². The maximum absolute atomic E-state index is 12.2. The molecule has 0 aromatic rings. The van der Waals surface area contributed by atoms with Gasteiger partial charge in [0.2, 0.25) is 0 Å². The van der Waals surface area contributed by atoms with Crippen LogP contribution in [0.4, 0.5) is 0 Å². The van der Waals surface area contributed by atoms with Crippen LogP contribution in [0.3, 0.4) is 0 Å². The van der Waals surface area contributed by atoms with Crippen molar-refractivity contribution in [2.45, 2.75) is 38.2 Å². The summed E-state index contributed by atoms with van der Waals surface area (Å²) < 4.78 is 5.48. The quantitative estimate of drug-likeness (QED) is 0.797. The Bertz CT molecular complexity index is 252. The van der Waals surface area contributed by atoms with Crippen LogP contribution < -0.4 is 5.32 Å². The molecular weight excluding hydrogens is 216 g/mol. The summed E-state index contributed by atoms with van der Waals surface area (Å²) >= 11 is 0. The second kappa shape index (κ2) is 6.36. The second-order valence-electron chi connectivity index (χ2n) is 5.19. The number of amides is 1. The number of ether oxygens (including phenoxy) is 1. The van der Waals surface area contributed by atoms with Crippen LogP contribution in [0.2, 0.25) is 0 Å². The van der Waals surface area contributed by atoms with E-state index < -0.39 is 0 Å². The van der Waals surface area contributed by atoms with Crippen LogP contribution in [-0.4, -0.2) is 50.2 Å². The van der Waals surface area contributed by atoms with Gasteiger partial charge in [0, 0.05) is 19.7 Å². The van der Waals surface area contributed by atoms with Crippen molar-refractivity contribution in [1.29, 1.82) is 0 Å². The number of piperidine rings is 1. The number of rotatable bonds is 4. The molecule has 0 aromatic carbocycles. The number of likely N-dealkylation sites (tertiary alicyclic amines) is 1. The number of carbonyl (C=O) groups is 1. The first kappa shape index (κ1) is 12.8. The van der Waals surface area contributed by atoms with Gasteiger partial charge in [0.05, 0.1) is 0 Å². The maximum Gasteiger partial charge on any atom is 0.251 e. The number of hydrogen-bond acceptors (Lipinski definition) is 3. The van der Waals surface area contributed by atoms with Crippen LogP contribution in [-0.2, 0) is 9.53 Å². The van der Waals surface area contributed by atoms with Gasteiger partial charge in [-0.25, -0.2) is 0 Å². The summed E-state index contributed by atoms with van der Waals surface area (Å²) in [6.07, 6.45) is 5.39. The van der Waals surface area contributed by atoms with E-state index in [1.807, 2.05) is 11.9 Å². The lowest BCUT2D eigenvalue weighted by atomic mass is 9.94. The van der Waals surface area contributed by atoms with Crippen LogP contribution in [0.5, 0.6) is 0 Å². The van der Waals surface area contributed by atoms with Gasteiger partial charge in [0.15, 0.2) is 0 Å². The van der Waals surface area contributed by atoms with Gasteiger partial charge >= 0.3 is 0 Å². The minimum Gasteiger partial charge on any atom is -0.368 e. The van der Waals surface area contributed by atoms with Crippen molar-refractivity contribution in [2.75, 3.05) is 33.3 Å². The highest BCUT2D eigenvalue weighted by molar-refractivity contribution is 5.81. The fourth-order valence-electron chi connectivity index (χ4n) is 2.83. The molecule has 17 heavy (non-hydrogen) atoms. The largest absolute Gasteiger partial charge is 0.368 e. The molecule has 0 saturated carbocycles. The van der Waals surface area contributed by atoms with Crippen molar-refractivity contribution in [3.63, 3.8) is 0 Å². The molecule has 2 unspecified atom stereocenters. The van der Waals surface area contributed by atoms with Crippen molar-refractivity contribution in [3.8, 4) is 0 Å². The average Bonchev–Trinajstić information content (AvgIpc) is 2.89. The van der Waals surface area contributed by atoms with Gasteiger partial charge in [-0.2, -0.15) is 0 Å². The van der Waals surface area contributed by atoms with Gasteiger partial charge in [-0.15, -0.1) is 0 Å². The zero-order valence-corrected chi connectivity index (χ0v) is 10.8. The lowest BCUT2D eigenvalue weighted by Gasteiger charge is -2.34. The van der Waals surface area contributed by atoms with Gasteiger partial charge in [0.25, 0.3) is 5.91 Å². The highest BCUT2D eigenvalue weighted by Crippen LogP contribution is 2.22. The SMILES string of the molecule is CNCCC1CCCN(C(=O)C2CCCO2)C1. The summed E-state index contributed by atoms with van der Waals surface area (Å²) in [5.41, 5.74) is 0. The molecule has 2 saturated heterocycles. The Hall–Kier alpha value is -0.610. The normalized spacial score (nSPS) is 29.6. The topological polar surface area (TPSA) is 41.6 Å². The second-order valence-corrected chi connectivity index (χ2v) is 5.19. The van der Waals surface area contributed by atoms with E-state index in [-0.39, 0.29) is 12.0 Å². The third-order valence-electron chi connectivity index (χ3n) is 3.84. The molecule has 0 aromatic heterocycles. The van der Waals surface area contributed by atoms with Gasteiger partial charge in [-0.1, -0.05) is 0 Å². The summed E-state index contributed by atoms with van der Waals surface area (Å²) in [6, 6.07) is 0. The molecule has 2 fully saturated rings. The monoisotopic (exact) mass is 240 g/mol. The summed E-state index contributed by atoms with van der Waals surface area (Å²) in [5, 5.41) is 3.19.